The van der Waals surface area contributed by atoms with Crippen LogP contribution in [0.4, 0.5) is 4.39 Å². The molecule has 0 nitrogen and oxygen atoms in total. The van der Waals surface area contributed by atoms with Gasteiger partial charge in [-0.1, -0.05) is 33.6 Å². The van der Waals surface area contributed by atoms with Gasteiger partial charge in [-0.3, -0.25) is 0 Å². The molecule has 10 heavy (non-hydrogen) atoms. The van der Waals surface area contributed by atoms with Gasteiger partial charge in [0.15, 0.2) is 0 Å². The van der Waals surface area contributed by atoms with Crippen LogP contribution < -0.4 is 0 Å². The van der Waals surface area contributed by atoms with Crippen molar-refractivity contribution in [3.05, 3.63) is 23.0 Å². The highest BCUT2D eigenvalue weighted by atomic mass is 79.9. The topological polar surface area (TPSA) is 0 Å². The monoisotopic (exact) mass is 224 g/mol. The molecule has 3 heteroatoms. The zero-order chi connectivity index (χ0) is 7.56. The molecule has 0 bridgehead atoms. The summed E-state index contributed by atoms with van der Waals surface area (Å²) in [6.45, 7) is 0. The van der Waals surface area contributed by atoms with Gasteiger partial charge in [-0.2, -0.15) is 0 Å². The van der Waals surface area contributed by atoms with E-state index >= 15 is 0 Å². The molecule has 56 valence electrons. The van der Waals surface area contributed by atoms with Crippen LogP contribution in [-0.4, -0.2) is 5.33 Å². The maximum atomic E-state index is 12.7. The third-order valence-electron chi connectivity index (χ3n) is 1.41. The van der Waals surface area contributed by atoms with Gasteiger partial charge < -0.3 is 0 Å². The third kappa shape index (κ3) is 1.83. The first-order valence-corrected chi connectivity index (χ1v) is 4.53. The van der Waals surface area contributed by atoms with Crippen molar-refractivity contribution in [3.8, 4) is 0 Å². The van der Waals surface area contributed by atoms with E-state index in [1.54, 1.807) is 12.2 Å². The average molecular weight is 225 g/mol. The fourth-order valence-corrected chi connectivity index (χ4v) is 1.42. The molecular formula is C7H7BrClF. The molecule has 0 aliphatic heterocycles. The lowest BCUT2D eigenvalue weighted by Crippen LogP contribution is -2.01. The standard InChI is InChI=1S/C7H7BrClF/c8-4-5-1-2-6(9)7(10)3-5/h2-3,5H,1,4H2/t5-/m0/s1. The molecule has 0 spiro atoms. The molecule has 0 saturated carbocycles. The van der Waals surface area contributed by atoms with Gasteiger partial charge in [-0.15, -0.1) is 0 Å². The number of allylic oxidation sites excluding steroid dienone is 4. The van der Waals surface area contributed by atoms with Crippen LogP contribution in [-0.2, 0) is 0 Å². The predicted octanol–water partition coefficient (Wildman–Crippen LogP) is 3.38. The highest BCUT2D eigenvalue weighted by Gasteiger charge is 2.12. The lowest BCUT2D eigenvalue weighted by molar-refractivity contribution is 0.616. The molecule has 0 aromatic heterocycles. The second kappa shape index (κ2) is 3.54. The van der Waals surface area contributed by atoms with E-state index in [-0.39, 0.29) is 16.8 Å². The number of rotatable bonds is 1. The second-order valence-corrected chi connectivity index (χ2v) is 3.27. The minimum absolute atomic E-state index is 0.247. The Hall–Kier alpha value is 0.180. The number of hydrogen-bond acceptors (Lipinski definition) is 0. The van der Waals surface area contributed by atoms with Crippen molar-refractivity contribution < 1.29 is 4.39 Å². The Kier molecular flexibility index (Phi) is 2.93. The van der Waals surface area contributed by atoms with E-state index in [0.717, 1.165) is 11.8 Å². The Morgan fingerprint density at radius 1 is 1.80 bits per heavy atom. The highest BCUT2D eigenvalue weighted by molar-refractivity contribution is 9.09. The molecule has 1 rings (SSSR count). The van der Waals surface area contributed by atoms with Crippen LogP contribution in [0.15, 0.2) is 23.0 Å². The van der Waals surface area contributed by atoms with Crippen molar-refractivity contribution in [2.45, 2.75) is 6.42 Å². The van der Waals surface area contributed by atoms with Gasteiger partial charge in [-0.25, -0.2) is 4.39 Å². The number of hydrogen-bond donors (Lipinski definition) is 0. The van der Waals surface area contributed by atoms with Crippen molar-refractivity contribution in [1.29, 1.82) is 0 Å². The number of alkyl halides is 1. The SMILES string of the molecule is FC1=C[C@@H](CBr)CC=C1Cl. The van der Waals surface area contributed by atoms with Crippen molar-refractivity contribution in [2.24, 2.45) is 5.92 Å². The Morgan fingerprint density at radius 2 is 2.50 bits per heavy atom. The maximum Gasteiger partial charge on any atom is 0.137 e. The maximum absolute atomic E-state index is 12.7. The largest absolute Gasteiger partial charge is 0.206 e. The zero-order valence-corrected chi connectivity index (χ0v) is 7.62. The summed E-state index contributed by atoms with van der Waals surface area (Å²) in [6, 6.07) is 0. The predicted molar refractivity (Wildman–Crippen MR) is 45.0 cm³/mol. The fraction of sp³-hybridized carbons (Fsp3) is 0.429. The van der Waals surface area contributed by atoms with Crippen LogP contribution in [0.25, 0.3) is 0 Å². The quantitative estimate of drug-likeness (QED) is 0.600. The third-order valence-corrected chi connectivity index (χ3v) is 2.57. The molecule has 0 amide bonds. The molecule has 0 saturated heterocycles. The lowest BCUT2D eigenvalue weighted by atomic mass is 10.0. The summed E-state index contributed by atoms with van der Waals surface area (Å²) in [5.41, 5.74) is 0. The summed E-state index contributed by atoms with van der Waals surface area (Å²) in [7, 11) is 0. The number of halogens is 3. The van der Waals surface area contributed by atoms with Crippen LogP contribution in [0.5, 0.6) is 0 Å². The van der Waals surface area contributed by atoms with Gasteiger partial charge in [0.05, 0.1) is 5.03 Å². The van der Waals surface area contributed by atoms with E-state index < -0.39 is 0 Å². The molecule has 0 heterocycles. The van der Waals surface area contributed by atoms with Gasteiger partial charge >= 0.3 is 0 Å². The van der Waals surface area contributed by atoms with Gasteiger partial charge in [0.25, 0.3) is 0 Å². The molecule has 0 aromatic rings. The first kappa shape index (κ1) is 8.28. The molecular weight excluding hydrogens is 218 g/mol. The first-order chi connectivity index (χ1) is 4.74. The Morgan fingerprint density at radius 3 is 3.00 bits per heavy atom. The van der Waals surface area contributed by atoms with Gasteiger partial charge in [0.2, 0.25) is 0 Å². The molecule has 1 atom stereocenters. The van der Waals surface area contributed by atoms with Crippen LogP contribution in [0, 0.1) is 5.92 Å². The molecule has 1 aliphatic rings. The van der Waals surface area contributed by atoms with Crippen LogP contribution in [0.3, 0.4) is 0 Å². The molecule has 0 aromatic carbocycles. The normalized spacial score (nSPS) is 25.7. The van der Waals surface area contributed by atoms with E-state index in [9.17, 15) is 4.39 Å². The summed E-state index contributed by atoms with van der Waals surface area (Å²) >= 11 is 8.77. The van der Waals surface area contributed by atoms with Crippen LogP contribution in [0.2, 0.25) is 0 Å². The van der Waals surface area contributed by atoms with E-state index in [2.05, 4.69) is 15.9 Å². The smallest absolute Gasteiger partial charge is 0.137 e. The Balaban J connectivity index is 2.66. The molecule has 0 N–H and O–H groups in total. The van der Waals surface area contributed by atoms with E-state index in [1.165, 1.54) is 0 Å². The minimum Gasteiger partial charge on any atom is -0.206 e. The summed E-state index contributed by atoms with van der Waals surface area (Å²) in [6.07, 6.45) is 4.09. The zero-order valence-electron chi connectivity index (χ0n) is 5.28. The van der Waals surface area contributed by atoms with Gasteiger partial charge in [0.1, 0.15) is 5.83 Å². The lowest BCUT2D eigenvalue weighted by Gasteiger charge is -2.11. The van der Waals surface area contributed by atoms with Gasteiger partial charge in [0, 0.05) is 5.33 Å². The van der Waals surface area contributed by atoms with E-state index in [4.69, 9.17) is 11.6 Å². The molecule has 0 unspecified atom stereocenters. The summed E-state index contributed by atoms with van der Waals surface area (Å²) in [4.78, 5) is 0. The Labute approximate surface area is 72.9 Å². The van der Waals surface area contributed by atoms with Crippen LogP contribution in [0.1, 0.15) is 6.42 Å². The summed E-state index contributed by atoms with van der Waals surface area (Å²) < 4.78 is 12.7. The van der Waals surface area contributed by atoms with Crippen LogP contribution >= 0.6 is 27.5 Å². The first-order valence-electron chi connectivity index (χ1n) is 3.03. The van der Waals surface area contributed by atoms with E-state index in [0.29, 0.717) is 0 Å². The molecule has 0 radical (unpaired) electrons. The summed E-state index contributed by atoms with van der Waals surface area (Å²) in [5.74, 6) is -0.0279. The van der Waals surface area contributed by atoms with Crippen molar-refractivity contribution >= 4 is 27.5 Å². The van der Waals surface area contributed by atoms with Crippen molar-refractivity contribution in [2.75, 3.05) is 5.33 Å². The average Bonchev–Trinajstić information content (AvgIpc) is 1.95. The van der Waals surface area contributed by atoms with Crippen molar-refractivity contribution in [1.82, 2.24) is 0 Å². The highest BCUT2D eigenvalue weighted by Crippen LogP contribution is 2.27. The van der Waals surface area contributed by atoms with Crippen molar-refractivity contribution in [3.63, 3.8) is 0 Å². The minimum atomic E-state index is -0.294. The Bertz CT molecular complexity index is 186. The summed E-state index contributed by atoms with van der Waals surface area (Å²) in [5, 5.41) is 1.04. The fourth-order valence-electron chi connectivity index (χ4n) is 0.814. The second-order valence-electron chi connectivity index (χ2n) is 2.22. The molecule has 1 aliphatic carbocycles. The van der Waals surface area contributed by atoms with Gasteiger partial charge in [-0.05, 0) is 18.4 Å². The van der Waals surface area contributed by atoms with E-state index in [1.807, 2.05) is 0 Å². The molecule has 0 fully saturated rings.